The van der Waals surface area contributed by atoms with Crippen molar-refractivity contribution in [3.8, 4) is 29.0 Å². The second kappa shape index (κ2) is 11.0. The number of rotatable bonds is 9. The quantitative estimate of drug-likeness (QED) is 0.493. The number of carbonyl (C=O) groups excluding carboxylic acids is 2. The van der Waals surface area contributed by atoms with Crippen molar-refractivity contribution in [2.24, 2.45) is 0 Å². The van der Waals surface area contributed by atoms with Crippen LogP contribution in [0, 0.1) is 13.8 Å². The maximum absolute atomic E-state index is 12.5. The van der Waals surface area contributed by atoms with Crippen molar-refractivity contribution in [1.82, 2.24) is 15.3 Å². The van der Waals surface area contributed by atoms with E-state index in [1.54, 1.807) is 24.3 Å². The molecule has 10 nitrogen and oxygen atoms in total. The number of anilines is 1. The second-order valence-corrected chi connectivity index (χ2v) is 7.20. The molecule has 0 fully saturated rings. The molecule has 0 aliphatic rings. The highest BCUT2D eigenvalue weighted by molar-refractivity contribution is 6.00. The molecule has 0 atom stereocenters. The Bertz CT molecular complexity index is 1140. The Balaban J connectivity index is 1.57. The van der Waals surface area contributed by atoms with Crippen molar-refractivity contribution < 1.29 is 28.5 Å². The van der Waals surface area contributed by atoms with E-state index < -0.39 is 11.8 Å². The highest BCUT2D eigenvalue weighted by Gasteiger charge is 2.17. The van der Waals surface area contributed by atoms with E-state index in [1.165, 1.54) is 33.5 Å². The van der Waals surface area contributed by atoms with Gasteiger partial charge in [0.2, 0.25) is 11.7 Å². The second-order valence-electron chi connectivity index (χ2n) is 7.20. The third kappa shape index (κ3) is 6.12. The molecule has 3 rings (SSSR count). The molecule has 0 bridgehead atoms. The summed E-state index contributed by atoms with van der Waals surface area (Å²) >= 11 is 0. The normalized spacial score (nSPS) is 10.3. The third-order valence-corrected chi connectivity index (χ3v) is 4.65. The van der Waals surface area contributed by atoms with Crippen LogP contribution in [0.15, 0.2) is 42.5 Å². The van der Waals surface area contributed by atoms with Crippen LogP contribution in [0.5, 0.6) is 29.0 Å². The van der Waals surface area contributed by atoms with E-state index >= 15 is 0 Å². The molecule has 1 aromatic heterocycles. The molecule has 0 saturated heterocycles. The number of carbonyl (C=O) groups is 2. The third-order valence-electron chi connectivity index (χ3n) is 4.65. The lowest BCUT2D eigenvalue weighted by Gasteiger charge is -2.14. The van der Waals surface area contributed by atoms with Crippen LogP contribution in [0.2, 0.25) is 0 Å². The first-order valence-electron chi connectivity index (χ1n) is 10.3. The maximum atomic E-state index is 12.5. The fraction of sp³-hybridized carbons (Fsp3) is 0.250. The molecule has 1 heterocycles. The highest BCUT2D eigenvalue weighted by atomic mass is 16.5. The average molecular weight is 466 g/mol. The van der Waals surface area contributed by atoms with E-state index in [0.717, 1.165) is 11.4 Å². The van der Waals surface area contributed by atoms with Crippen LogP contribution in [-0.4, -0.2) is 49.7 Å². The van der Waals surface area contributed by atoms with Crippen LogP contribution < -0.4 is 29.6 Å². The molecule has 2 amide bonds. The summed E-state index contributed by atoms with van der Waals surface area (Å²) in [7, 11) is 4.38. The Labute approximate surface area is 197 Å². The zero-order valence-electron chi connectivity index (χ0n) is 19.6. The lowest BCUT2D eigenvalue weighted by Crippen LogP contribution is -2.32. The van der Waals surface area contributed by atoms with Crippen molar-refractivity contribution in [1.29, 1.82) is 0 Å². The largest absolute Gasteiger partial charge is 0.493 e. The van der Waals surface area contributed by atoms with Crippen molar-refractivity contribution in [2.75, 3.05) is 33.2 Å². The molecule has 0 saturated carbocycles. The number of amides is 2. The summed E-state index contributed by atoms with van der Waals surface area (Å²) < 4.78 is 21.4. The standard InChI is InChI=1S/C24H26N4O6/c1-14-10-15(2)27-24(26-14)34-18-8-6-17(7-9-18)28-21(29)13-25-23(30)16-11-19(31-3)22(33-5)20(12-16)32-4/h6-12H,13H2,1-5H3,(H,25,30)(H,28,29). The zero-order valence-corrected chi connectivity index (χ0v) is 19.6. The van der Waals surface area contributed by atoms with E-state index in [9.17, 15) is 9.59 Å². The first kappa shape index (κ1) is 24.3. The summed E-state index contributed by atoms with van der Waals surface area (Å²) in [5.74, 6) is 0.711. The molecule has 178 valence electrons. The molecule has 10 heteroatoms. The minimum atomic E-state index is -0.466. The molecular weight excluding hydrogens is 440 g/mol. The van der Waals surface area contributed by atoms with Crippen LogP contribution in [0.3, 0.4) is 0 Å². The van der Waals surface area contributed by atoms with Gasteiger partial charge in [0.1, 0.15) is 5.75 Å². The topological polar surface area (TPSA) is 121 Å². The molecule has 3 aromatic rings. The smallest absolute Gasteiger partial charge is 0.322 e. The summed E-state index contributed by atoms with van der Waals surface area (Å²) in [6.07, 6.45) is 0. The Morgan fingerprint density at radius 1 is 0.853 bits per heavy atom. The molecule has 2 N–H and O–H groups in total. The number of nitrogens with one attached hydrogen (secondary N) is 2. The van der Waals surface area contributed by atoms with Gasteiger partial charge in [-0.15, -0.1) is 0 Å². The lowest BCUT2D eigenvalue weighted by atomic mass is 10.1. The highest BCUT2D eigenvalue weighted by Crippen LogP contribution is 2.38. The Morgan fingerprint density at radius 3 is 1.97 bits per heavy atom. The number of benzene rings is 2. The molecule has 0 aliphatic heterocycles. The first-order chi connectivity index (χ1) is 16.3. The van der Waals surface area contributed by atoms with Crippen LogP contribution in [-0.2, 0) is 4.79 Å². The number of hydrogen-bond acceptors (Lipinski definition) is 8. The Hall–Kier alpha value is -4.34. The molecule has 0 aliphatic carbocycles. The van der Waals surface area contributed by atoms with Gasteiger partial charge in [-0.2, -0.15) is 0 Å². The van der Waals surface area contributed by atoms with Gasteiger partial charge in [0, 0.05) is 22.6 Å². The van der Waals surface area contributed by atoms with Gasteiger partial charge in [0.05, 0.1) is 27.9 Å². The van der Waals surface area contributed by atoms with Gasteiger partial charge in [-0.3, -0.25) is 9.59 Å². The van der Waals surface area contributed by atoms with E-state index in [2.05, 4.69) is 20.6 Å². The van der Waals surface area contributed by atoms with Gasteiger partial charge >= 0.3 is 6.01 Å². The minimum Gasteiger partial charge on any atom is -0.493 e. The summed E-state index contributed by atoms with van der Waals surface area (Å²) in [6, 6.07) is 11.8. The lowest BCUT2D eigenvalue weighted by molar-refractivity contribution is -0.115. The Morgan fingerprint density at radius 2 is 1.44 bits per heavy atom. The maximum Gasteiger partial charge on any atom is 0.322 e. The number of nitrogens with zero attached hydrogens (tertiary/aromatic N) is 2. The number of hydrogen-bond donors (Lipinski definition) is 2. The van der Waals surface area contributed by atoms with Crippen LogP contribution in [0.1, 0.15) is 21.7 Å². The van der Waals surface area contributed by atoms with Crippen LogP contribution in [0.4, 0.5) is 5.69 Å². The van der Waals surface area contributed by atoms with Crippen molar-refractivity contribution in [2.45, 2.75) is 13.8 Å². The Kier molecular flexibility index (Phi) is 7.86. The molecule has 2 aromatic carbocycles. The van der Waals surface area contributed by atoms with E-state index in [1.807, 2.05) is 19.9 Å². The number of ether oxygens (including phenoxy) is 4. The van der Waals surface area contributed by atoms with Gasteiger partial charge in [0.25, 0.3) is 5.91 Å². The monoisotopic (exact) mass is 466 g/mol. The van der Waals surface area contributed by atoms with Gasteiger partial charge in [-0.1, -0.05) is 0 Å². The molecule has 34 heavy (non-hydrogen) atoms. The fourth-order valence-corrected chi connectivity index (χ4v) is 3.13. The molecule has 0 spiro atoms. The number of aryl methyl sites for hydroxylation is 2. The fourth-order valence-electron chi connectivity index (χ4n) is 3.13. The summed E-state index contributed by atoms with van der Waals surface area (Å²) in [5, 5.41) is 5.28. The predicted molar refractivity (Wildman–Crippen MR) is 125 cm³/mol. The van der Waals surface area contributed by atoms with E-state index in [0.29, 0.717) is 28.7 Å². The molecule has 0 unspecified atom stereocenters. The van der Waals surface area contributed by atoms with Crippen molar-refractivity contribution in [3.63, 3.8) is 0 Å². The minimum absolute atomic E-state index is 0.232. The zero-order chi connectivity index (χ0) is 24.7. The van der Waals surface area contributed by atoms with Crippen molar-refractivity contribution >= 4 is 17.5 Å². The predicted octanol–water partition coefficient (Wildman–Crippen LogP) is 3.28. The summed E-state index contributed by atoms with van der Waals surface area (Å²) in [6.45, 7) is 3.49. The van der Waals surface area contributed by atoms with Gasteiger partial charge < -0.3 is 29.6 Å². The average Bonchev–Trinajstić information content (AvgIpc) is 2.82. The molecular formula is C24H26N4O6. The number of methoxy groups -OCH3 is 3. The SMILES string of the molecule is COc1cc(C(=O)NCC(=O)Nc2ccc(Oc3nc(C)cc(C)n3)cc2)cc(OC)c1OC. The van der Waals surface area contributed by atoms with E-state index in [4.69, 9.17) is 18.9 Å². The van der Waals surface area contributed by atoms with E-state index in [-0.39, 0.29) is 18.1 Å². The van der Waals surface area contributed by atoms with Crippen LogP contribution >= 0.6 is 0 Å². The van der Waals surface area contributed by atoms with Gasteiger partial charge in [0.15, 0.2) is 11.5 Å². The molecule has 0 radical (unpaired) electrons. The van der Waals surface area contributed by atoms with Gasteiger partial charge in [-0.25, -0.2) is 9.97 Å². The van der Waals surface area contributed by atoms with Crippen molar-refractivity contribution in [3.05, 3.63) is 59.4 Å². The summed E-state index contributed by atoms with van der Waals surface area (Å²) in [4.78, 5) is 33.3. The summed E-state index contributed by atoms with van der Waals surface area (Å²) in [5.41, 5.74) is 2.41. The first-order valence-corrected chi connectivity index (χ1v) is 10.3. The number of aromatic nitrogens is 2. The van der Waals surface area contributed by atoms with Gasteiger partial charge in [-0.05, 0) is 56.3 Å². The van der Waals surface area contributed by atoms with Crippen LogP contribution in [0.25, 0.3) is 0 Å².